The highest BCUT2D eigenvalue weighted by atomic mass is 14.9. The van der Waals surface area contributed by atoms with Gasteiger partial charge in [0.05, 0.1) is 17.4 Å². The number of H-pyrrole nitrogens is 1. The highest BCUT2D eigenvalue weighted by molar-refractivity contribution is 5.94. The van der Waals surface area contributed by atoms with E-state index in [0.29, 0.717) is 0 Å². The van der Waals surface area contributed by atoms with Gasteiger partial charge in [0.15, 0.2) is 0 Å². The second-order valence-corrected chi connectivity index (χ2v) is 5.20. The third-order valence-electron chi connectivity index (χ3n) is 3.70. The Bertz CT molecular complexity index is 910. The van der Waals surface area contributed by atoms with Gasteiger partial charge in [0.2, 0.25) is 0 Å². The van der Waals surface area contributed by atoms with Crippen molar-refractivity contribution < 1.29 is 0 Å². The van der Waals surface area contributed by atoms with Crippen molar-refractivity contribution >= 4 is 22.3 Å². The number of hydrogen-bond donors (Lipinski definition) is 2. The summed E-state index contributed by atoms with van der Waals surface area (Å²) in [4.78, 5) is 7.68. The lowest BCUT2D eigenvalue weighted by Crippen LogP contribution is -1.91. The second-order valence-electron chi connectivity index (χ2n) is 5.20. The fraction of sp³-hybridized carbons (Fsp3) is 0. The van der Waals surface area contributed by atoms with Crippen molar-refractivity contribution in [2.45, 2.75) is 0 Å². The molecule has 2 N–H and O–H groups in total. The van der Waals surface area contributed by atoms with Crippen LogP contribution in [-0.4, -0.2) is 9.97 Å². The molecule has 106 valence electrons. The molecule has 4 rings (SSSR count). The van der Waals surface area contributed by atoms with Crippen LogP contribution < -0.4 is 5.32 Å². The van der Waals surface area contributed by atoms with Crippen LogP contribution in [0.4, 0.5) is 11.4 Å². The van der Waals surface area contributed by atoms with Gasteiger partial charge in [-0.05, 0) is 29.7 Å². The van der Waals surface area contributed by atoms with Crippen molar-refractivity contribution in [3.05, 3.63) is 79.3 Å². The van der Waals surface area contributed by atoms with Gasteiger partial charge in [0.1, 0.15) is 0 Å². The molecule has 0 bridgehead atoms. The molecule has 0 fully saturated rings. The van der Waals surface area contributed by atoms with Gasteiger partial charge in [-0.2, -0.15) is 0 Å². The Balaban J connectivity index is 1.74. The predicted octanol–water partition coefficient (Wildman–Crippen LogP) is 4.97. The Kier molecular flexibility index (Phi) is 3.09. The summed E-state index contributed by atoms with van der Waals surface area (Å²) < 4.78 is 0. The Morgan fingerprint density at radius 1 is 0.818 bits per heavy atom. The third kappa shape index (κ3) is 2.33. The lowest BCUT2D eigenvalue weighted by atomic mass is 10.0. The molecule has 0 radical (unpaired) electrons. The maximum Gasteiger partial charge on any atom is 0.0576 e. The molecule has 2 aromatic heterocycles. The molecule has 3 nitrogen and oxygen atoms in total. The standard InChI is InChI=1S/C19H15N3/c1-2-6-16(7-3-1)22-17-11-15(12-20-13-17)18-8-4-5-14-9-10-21-19(14)18/h1-13,21-22H. The summed E-state index contributed by atoms with van der Waals surface area (Å²) in [5.74, 6) is 0. The fourth-order valence-electron chi connectivity index (χ4n) is 2.67. The maximum absolute atomic E-state index is 4.37. The van der Waals surface area contributed by atoms with E-state index >= 15 is 0 Å². The number of hydrogen-bond acceptors (Lipinski definition) is 2. The molecule has 2 aromatic carbocycles. The van der Waals surface area contributed by atoms with Crippen LogP contribution in [0, 0.1) is 0 Å². The van der Waals surface area contributed by atoms with Gasteiger partial charge in [0, 0.05) is 29.2 Å². The quantitative estimate of drug-likeness (QED) is 0.557. The van der Waals surface area contributed by atoms with E-state index in [1.54, 1.807) is 0 Å². The highest BCUT2D eigenvalue weighted by Gasteiger charge is 2.06. The molecule has 4 aromatic rings. The molecule has 0 spiro atoms. The number of nitrogens with one attached hydrogen (secondary N) is 2. The molecular weight excluding hydrogens is 270 g/mol. The summed E-state index contributed by atoms with van der Waals surface area (Å²) in [6, 6.07) is 20.6. The van der Waals surface area contributed by atoms with Crippen molar-refractivity contribution in [1.82, 2.24) is 9.97 Å². The van der Waals surface area contributed by atoms with Gasteiger partial charge >= 0.3 is 0 Å². The Hall–Kier alpha value is -3.07. The van der Waals surface area contributed by atoms with Crippen LogP contribution in [0.2, 0.25) is 0 Å². The van der Waals surface area contributed by atoms with E-state index in [1.807, 2.05) is 48.9 Å². The van der Waals surface area contributed by atoms with E-state index in [4.69, 9.17) is 0 Å². The molecule has 0 amide bonds. The summed E-state index contributed by atoms with van der Waals surface area (Å²) in [6.45, 7) is 0. The zero-order valence-corrected chi connectivity index (χ0v) is 12.0. The number of para-hydroxylation sites is 2. The van der Waals surface area contributed by atoms with Gasteiger partial charge in [-0.3, -0.25) is 4.98 Å². The monoisotopic (exact) mass is 285 g/mol. The van der Waals surface area contributed by atoms with E-state index in [9.17, 15) is 0 Å². The van der Waals surface area contributed by atoms with E-state index in [2.05, 4.69) is 45.6 Å². The molecule has 3 heteroatoms. The van der Waals surface area contributed by atoms with Crippen LogP contribution in [0.5, 0.6) is 0 Å². The predicted molar refractivity (Wildman–Crippen MR) is 91.3 cm³/mol. The maximum atomic E-state index is 4.37. The Morgan fingerprint density at radius 3 is 2.64 bits per heavy atom. The first-order valence-corrected chi connectivity index (χ1v) is 7.24. The number of aromatic nitrogens is 2. The van der Waals surface area contributed by atoms with Crippen molar-refractivity contribution in [3.63, 3.8) is 0 Å². The number of fused-ring (bicyclic) bond motifs is 1. The smallest absolute Gasteiger partial charge is 0.0576 e. The molecule has 0 saturated heterocycles. The second kappa shape index (κ2) is 5.37. The zero-order chi connectivity index (χ0) is 14.8. The van der Waals surface area contributed by atoms with Gasteiger partial charge in [-0.25, -0.2) is 0 Å². The minimum absolute atomic E-state index is 0.979. The van der Waals surface area contributed by atoms with Crippen LogP contribution in [0.3, 0.4) is 0 Å². The lowest BCUT2D eigenvalue weighted by molar-refractivity contribution is 1.32. The molecule has 2 heterocycles. The van der Waals surface area contributed by atoms with Crippen LogP contribution >= 0.6 is 0 Å². The Morgan fingerprint density at radius 2 is 1.73 bits per heavy atom. The average molecular weight is 285 g/mol. The van der Waals surface area contributed by atoms with E-state index < -0.39 is 0 Å². The first kappa shape index (κ1) is 12.7. The molecule has 0 atom stereocenters. The van der Waals surface area contributed by atoms with Crippen molar-refractivity contribution in [3.8, 4) is 11.1 Å². The summed E-state index contributed by atoms with van der Waals surface area (Å²) >= 11 is 0. The summed E-state index contributed by atoms with van der Waals surface area (Å²) in [5, 5.41) is 4.59. The largest absolute Gasteiger partial charge is 0.361 e. The molecule has 22 heavy (non-hydrogen) atoms. The molecule has 0 saturated carbocycles. The zero-order valence-electron chi connectivity index (χ0n) is 12.0. The van der Waals surface area contributed by atoms with Gasteiger partial charge in [0.25, 0.3) is 0 Å². The van der Waals surface area contributed by atoms with E-state index in [-0.39, 0.29) is 0 Å². The van der Waals surface area contributed by atoms with Crippen LogP contribution in [0.25, 0.3) is 22.0 Å². The summed E-state index contributed by atoms with van der Waals surface area (Å²) in [5.41, 5.74) is 5.42. The highest BCUT2D eigenvalue weighted by Crippen LogP contribution is 2.29. The van der Waals surface area contributed by atoms with Crippen LogP contribution in [0.1, 0.15) is 0 Å². The minimum atomic E-state index is 0.979. The molecular formula is C19H15N3. The number of pyridine rings is 1. The number of anilines is 2. The van der Waals surface area contributed by atoms with Crippen molar-refractivity contribution in [2.24, 2.45) is 0 Å². The van der Waals surface area contributed by atoms with Crippen molar-refractivity contribution in [1.29, 1.82) is 0 Å². The molecule has 0 aliphatic rings. The molecule has 0 aliphatic carbocycles. The van der Waals surface area contributed by atoms with Gasteiger partial charge in [-0.1, -0.05) is 36.4 Å². The Labute approximate surface area is 128 Å². The van der Waals surface area contributed by atoms with E-state index in [1.165, 1.54) is 5.39 Å². The van der Waals surface area contributed by atoms with Crippen LogP contribution in [-0.2, 0) is 0 Å². The molecule has 0 unspecified atom stereocenters. The average Bonchev–Trinajstić information content (AvgIpc) is 3.04. The first-order valence-electron chi connectivity index (χ1n) is 7.24. The number of benzene rings is 2. The normalized spacial score (nSPS) is 10.7. The summed E-state index contributed by atoms with van der Waals surface area (Å²) in [7, 11) is 0. The topological polar surface area (TPSA) is 40.7 Å². The summed E-state index contributed by atoms with van der Waals surface area (Å²) in [6.07, 6.45) is 5.70. The minimum Gasteiger partial charge on any atom is -0.361 e. The molecule has 0 aliphatic heterocycles. The van der Waals surface area contributed by atoms with E-state index in [0.717, 1.165) is 28.0 Å². The van der Waals surface area contributed by atoms with Crippen LogP contribution in [0.15, 0.2) is 79.3 Å². The fourth-order valence-corrected chi connectivity index (χ4v) is 2.67. The van der Waals surface area contributed by atoms with Crippen molar-refractivity contribution in [2.75, 3.05) is 5.32 Å². The first-order chi connectivity index (χ1) is 10.9. The lowest BCUT2D eigenvalue weighted by Gasteiger charge is -2.09. The SMILES string of the molecule is c1ccc(Nc2cncc(-c3cccc4cc[nH]c34)c2)cc1. The third-order valence-corrected chi connectivity index (χ3v) is 3.70. The van der Waals surface area contributed by atoms with Gasteiger partial charge in [-0.15, -0.1) is 0 Å². The number of rotatable bonds is 3. The van der Waals surface area contributed by atoms with Gasteiger partial charge < -0.3 is 10.3 Å². The number of nitrogens with zero attached hydrogens (tertiary/aromatic N) is 1. The number of aromatic amines is 1.